The van der Waals surface area contributed by atoms with Crippen molar-refractivity contribution in [2.75, 3.05) is 32.6 Å². The van der Waals surface area contributed by atoms with Gasteiger partial charge in [-0.3, -0.25) is 9.89 Å². The van der Waals surface area contributed by atoms with Gasteiger partial charge in [0, 0.05) is 39.5 Å². The van der Waals surface area contributed by atoms with Crippen molar-refractivity contribution in [2.45, 2.75) is 39.3 Å². The maximum atomic E-state index is 14.9. The van der Waals surface area contributed by atoms with E-state index < -0.39 is 11.6 Å². The van der Waals surface area contributed by atoms with Crippen LogP contribution in [0.3, 0.4) is 0 Å². The van der Waals surface area contributed by atoms with Crippen molar-refractivity contribution in [3.8, 4) is 11.8 Å². The van der Waals surface area contributed by atoms with Gasteiger partial charge in [0.15, 0.2) is 5.82 Å². The fourth-order valence-corrected chi connectivity index (χ4v) is 4.80. The van der Waals surface area contributed by atoms with Crippen LogP contribution in [-0.2, 0) is 16.1 Å². The molecule has 1 saturated heterocycles. The van der Waals surface area contributed by atoms with Crippen molar-refractivity contribution in [2.24, 2.45) is 0 Å². The highest BCUT2D eigenvalue weighted by molar-refractivity contribution is 5.93. The molecule has 0 aliphatic carbocycles. The van der Waals surface area contributed by atoms with Crippen LogP contribution < -0.4 is 5.32 Å². The molecular weight excluding hydrogens is 504 g/mol. The number of hydrogen-bond donors (Lipinski definition) is 2. The van der Waals surface area contributed by atoms with Gasteiger partial charge in [-0.1, -0.05) is 12.5 Å². The fraction of sp³-hybridized carbons (Fsp3) is 0.357. The van der Waals surface area contributed by atoms with E-state index in [1.165, 1.54) is 12.1 Å². The number of H-pyrrole nitrogens is 1. The van der Waals surface area contributed by atoms with E-state index in [4.69, 9.17) is 4.74 Å². The SMILES string of the molecule is C=CC(=O)N1CCCC1COC.CCn1c(C)nc2c(F)c(C#Cc3[nH]nc4ccnc(NC)c34)c(F)cc21. The zero-order valence-electron chi connectivity index (χ0n) is 22.4. The number of aryl methyl sites for hydroxylation is 2. The van der Waals surface area contributed by atoms with Crippen LogP contribution in [0.25, 0.3) is 21.9 Å². The van der Waals surface area contributed by atoms with Crippen LogP contribution in [-0.4, -0.2) is 68.9 Å². The van der Waals surface area contributed by atoms with E-state index in [0.29, 0.717) is 46.9 Å². The molecule has 11 heteroatoms. The predicted molar refractivity (Wildman–Crippen MR) is 146 cm³/mol. The molecule has 0 saturated carbocycles. The number of likely N-dealkylation sites (tertiary alicyclic amines) is 1. The second-order valence-corrected chi connectivity index (χ2v) is 8.96. The zero-order valence-corrected chi connectivity index (χ0v) is 22.4. The van der Waals surface area contributed by atoms with Crippen LogP contribution in [0.1, 0.15) is 36.8 Å². The number of pyridine rings is 1. The summed E-state index contributed by atoms with van der Waals surface area (Å²) in [4.78, 5) is 21.5. The number of aromatic amines is 1. The molecule has 2 N–H and O–H groups in total. The van der Waals surface area contributed by atoms with Crippen LogP contribution in [0.4, 0.5) is 14.6 Å². The molecule has 1 aliphatic rings. The number of carbonyl (C=O) groups is 1. The fourth-order valence-electron chi connectivity index (χ4n) is 4.80. The molecule has 0 spiro atoms. The number of nitrogens with zero attached hydrogens (tertiary/aromatic N) is 5. The van der Waals surface area contributed by atoms with Crippen LogP contribution in [0.5, 0.6) is 0 Å². The lowest BCUT2D eigenvalue weighted by molar-refractivity contribution is -0.127. The Morgan fingerprint density at radius 1 is 1.38 bits per heavy atom. The number of ether oxygens (including phenoxy) is 1. The number of methoxy groups -OCH3 is 1. The number of benzene rings is 1. The molecule has 1 unspecified atom stereocenters. The van der Waals surface area contributed by atoms with Gasteiger partial charge in [0.1, 0.15) is 28.7 Å². The van der Waals surface area contributed by atoms with Gasteiger partial charge < -0.3 is 19.5 Å². The molecule has 5 rings (SSSR count). The van der Waals surface area contributed by atoms with E-state index >= 15 is 0 Å². The van der Waals surface area contributed by atoms with Crippen LogP contribution in [0.15, 0.2) is 31.0 Å². The number of carbonyl (C=O) groups excluding carboxylic acids is 1. The highest BCUT2D eigenvalue weighted by Gasteiger charge is 2.26. The van der Waals surface area contributed by atoms with Crippen LogP contribution >= 0.6 is 0 Å². The molecule has 0 bridgehead atoms. The number of halogens is 2. The summed E-state index contributed by atoms with van der Waals surface area (Å²) in [5.74, 6) is 5.11. The smallest absolute Gasteiger partial charge is 0.246 e. The standard InChI is InChI=1S/C19H16F2N6.C9H15NO2/c1-4-27-10(2)24-18-15(27)9-12(20)11(17(18)21)5-6-13-16-14(26-25-13)7-8-23-19(16)22-3;1-3-9(11)10-6-4-5-8(10)7-12-2/h7-9H,4H2,1-3H3,(H,22,23)(H,25,26);3,8H,1,4-7H2,2H3. The lowest BCUT2D eigenvalue weighted by Gasteiger charge is -2.22. The van der Waals surface area contributed by atoms with E-state index in [9.17, 15) is 13.6 Å². The van der Waals surface area contributed by atoms with Gasteiger partial charge in [0.2, 0.25) is 5.91 Å². The van der Waals surface area contributed by atoms with E-state index in [1.54, 1.807) is 37.9 Å². The lowest BCUT2D eigenvalue weighted by atomic mass is 10.1. The summed E-state index contributed by atoms with van der Waals surface area (Å²) in [5, 5.41) is 10.6. The third-order valence-electron chi connectivity index (χ3n) is 6.65. The third-order valence-corrected chi connectivity index (χ3v) is 6.65. The Bertz CT molecular complexity index is 1580. The monoisotopic (exact) mass is 535 g/mol. The largest absolute Gasteiger partial charge is 0.383 e. The predicted octanol–water partition coefficient (Wildman–Crippen LogP) is 4.17. The first kappa shape index (κ1) is 27.7. The van der Waals surface area contributed by atoms with Gasteiger partial charge in [-0.25, -0.2) is 18.7 Å². The lowest BCUT2D eigenvalue weighted by Crippen LogP contribution is -2.36. The summed E-state index contributed by atoms with van der Waals surface area (Å²) in [6.45, 7) is 9.18. The molecule has 1 aliphatic heterocycles. The topological polar surface area (TPSA) is 101 Å². The highest BCUT2D eigenvalue weighted by atomic mass is 19.1. The maximum Gasteiger partial charge on any atom is 0.246 e. The number of nitrogens with one attached hydrogen (secondary N) is 2. The van der Waals surface area contributed by atoms with Gasteiger partial charge in [-0.05, 0) is 44.8 Å². The van der Waals surface area contributed by atoms with Crippen molar-refractivity contribution in [1.29, 1.82) is 0 Å². The summed E-state index contributed by atoms with van der Waals surface area (Å²) in [7, 11) is 3.39. The minimum Gasteiger partial charge on any atom is -0.383 e. The van der Waals surface area contributed by atoms with Gasteiger partial charge >= 0.3 is 0 Å². The normalized spacial score (nSPS) is 14.6. The summed E-state index contributed by atoms with van der Waals surface area (Å²) in [6, 6.07) is 3.27. The van der Waals surface area contributed by atoms with E-state index in [1.807, 2.05) is 11.8 Å². The Labute approximate surface area is 225 Å². The average Bonchev–Trinajstić information content (AvgIpc) is 3.65. The second kappa shape index (κ2) is 12.0. The van der Waals surface area contributed by atoms with Gasteiger partial charge in [0.05, 0.1) is 34.6 Å². The first-order valence-electron chi connectivity index (χ1n) is 12.6. The zero-order chi connectivity index (χ0) is 28.1. The van der Waals surface area contributed by atoms with Crippen LogP contribution in [0, 0.1) is 30.4 Å². The molecule has 39 heavy (non-hydrogen) atoms. The van der Waals surface area contributed by atoms with E-state index in [-0.39, 0.29) is 23.0 Å². The van der Waals surface area contributed by atoms with Crippen molar-refractivity contribution >= 4 is 33.7 Å². The third kappa shape index (κ3) is 5.47. The number of imidazole rings is 1. The van der Waals surface area contributed by atoms with Crippen LogP contribution in [0.2, 0.25) is 0 Å². The summed E-state index contributed by atoms with van der Waals surface area (Å²) in [5.41, 5.74) is 1.31. The highest BCUT2D eigenvalue weighted by Crippen LogP contribution is 2.25. The number of anilines is 1. The van der Waals surface area contributed by atoms with Gasteiger partial charge in [-0.2, -0.15) is 5.10 Å². The molecule has 0 radical (unpaired) electrons. The Morgan fingerprint density at radius 3 is 2.87 bits per heavy atom. The van der Waals surface area contributed by atoms with Gasteiger partial charge in [-0.15, -0.1) is 0 Å². The Balaban J connectivity index is 0.000000247. The number of aromatic nitrogens is 5. The Morgan fingerprint density at radius 2 is 2.18 bits per heavy atom. The Hall–Kier alpha value is -4.30. The molecular formula is C28H31F2N7O2. The molecule has 1 aromatic carbocycles. The molecule has 4 heterocycles. The molecule has 1 amide bonds. The first-order valence-corrected chi connectivity index (χ1v) is 12.6. The number of amides is 1. The quantitative estimate of drug-likeness (QED) is 0.294. The number of fused-ring (bicyclic) bond motifs is 2. The number of hydrogen-bond acceptors (Lipinski definition) is 6. The van der Waals surface area contributed by atoms with E-state index in [2.05, 4.69) is 43.9 Å². The first-order chi connectivity index (χ1) is 18.8. The second-order valence-electron chi connectivity index (χ2n) is 8.96. The van der Waals surface area contributed by atoms with Crippen molar-refractivity contribution in [3.63, 3.8) is 0 Å². The van der Waals surface area contributed by atoms with Gasteiger partial charge in [0.25, 0.3) is 0 Å². The number of rotatable bonds is 5. The summed E-state index contributed by atoms with van der Waals surface area (Å²) >= 11 is 0. The molecule has 1 atom stereocenters. The summed E-state index contributed by atoms with van der Waals surface area (Å²) < 4.78 is 36.2. The van der Waals surface area contributed by atoms with Crippen molar-refractivity contribution in [3.05, 3.63) is 59.7 Å². The van der Waals surface area contributed by atoms with Crippen molar-refractivity contribution in [1.82, 2.24) is 29.6 Å². The molecule has 9 nitrogen and oxygen atoms in total. The minimum absolute atomic E-state index is 0.0227. The minimum atomic E-state index is -0.761. The average molecular weight is 536 g/mol. The molecule has 3 aromatic heterocycles. The Kier molecular flexibility index (Phi) is 8.56. The maximum absolute atomic E-state index is 14.9. The van der Waals surface area contributed by atoms with Crippen molar-refractivity contribution < 1.29 is 18.3 Å². The summed E-state index contributed by atoms with van der Waals surface area (Å²) in [6.07, 6.45) is 5.11. The van der Waals surface area contributed by atoms with E-state index in [0.717, 1.165) is 19.4 Å². The molecule has 4 aromatic rings. The molecule has 204 valence electrons. The molecule has 1 fully saturated rings.